The van der Waals surface area contributed by atoms with Gasteiger partial charge in [0.15, 0.2) is 0 Å². The zero-order valence-corrected chi connectivity index (χ0v) is 11.6. The Morgan fingerprint density at radius 2 is 2.05 bits per heavy atom. The minimum Gasteiger partial charge on any atom is -0.358 e. The lowest BCUT2D eigenvalue weighted by atomic mass is 10.0. The Labute approximate surface area is 117 Å². The summed E-state index contributed by atoms with van der Waals surface area (Å²) < 4.78 is 26.7. The third kappa shape index (κ3) is 3.13. The summed E-state index contributed by atoms with van der Waals surface area (Å²) in [6, 6.07) is 2.91. The van der Waals surface area contributed by atoms with Crippen molar-refractivity contribution in [1.29, 1.82) is 0 Å². The van der Waals surface area contributed by atoms with Crippen LogP contribution in [-0.2, 0) is 4.79 Å². The van der Waals surface area contributed by atoms with E-state index in [0.717, 1.165) is 12.6 Å². The molecule has 2 atom stereocenters. The second-order valence-corrected chi connectivity index (χ2v) is 4.95. The van der Waals surface area contributed by atoms with E-state index in [1.165, 1.54) is 12.1 Å². The van der Waals surface area contributed by atoms with Crippen LogP contribution in [0.4, 0.5) is 8.78 Å². The third-order valence-corrected chi connectivity index (χ3v) is 3.70. The lowest BCUT2D eigenvalue weighted by molar-refractivity contribution is -0.127. The van der Waals surface area contributed by atoms with E-state index in [4.69, 9.17) is 0 Å². The first-order valence-electron chi connectivity index (χ1n) is 6.67. The Balaban J connectivity index is 2.24. The van der Waals surface area contributed by atoms with E-state index < -0.39 is 11.6 Å². The molecule has 6 heteroatoms. The van der Waals surface area contributed by atoms with Crippen molar-refractivity contribution in [2.45, 2.75) is 19.0 Å². The normalized spacial score (nSPS) is 21.5. The van der Waals surface area contributed by atoms with Gasteiger partial charge in [-0.2, -0.15) is 0 Å². The number of hydrogen-bond donors (Lipinski definition) is 2. The molecule has 2 N–H and O–H groups in total. The SMILES string of the molecule is CNC(=O)C1CNCCN1C(C)c1cc(F)cc(F)c1. The summed E-state index contributed by atoms with van der Waals surface area (Å²) in [7, 11) is 1.58. The van der Waals surface area contributed by atoms with Crippen LogP contribution in [0.5, 0.6) is 0 Å². The molecular weight excluding hydrogens is 264 g/mol. The van der Waals surface area contributed by atoms with Gasteiger partial charge in [-0.25, -0.2) is 8.78 Å². The van der Waals surface area contributed by atoms with E-state index in [9.17, 15) is 13.6 Å². The van der Waals surface area contributed by atoms with Gasteiger partial charge in [0, 0.05) is 38.8 Å². The maximum atomic E-state index is 13.3. The van der Waals surface area contributed by atoms with E-state index in [1.807, 2.05) is 11.8 Å². The van der Waals surface area contributed by atoms with Crippen molar-refractivity contribution in [2.24, 2.45) is 0 Å². The Bertz CT molecular complexity index is 475. The van der Waals surface area contributed by atoms with Crippen molar-refractivity contribution in [2.75, 3.05) is 26.7 Å². The van der Waals surface area contributed by atoms with Crippen LogP contribution in [0.1, 0.15) is 18.5 Å². The van der Waals surface area contributed by atoms with Gasteiger partial charge in [0.05, 0.1) is 0 Å². The highest BCUT2D eigenvalue weighted by molar-refractivity contribution is 5.81. The van der Waals surface area contributed by atoms with Crippen molar-refractivity contribution in [1.82, 2.24) is 15.5 Å². The van der Waals surface area contributed by atoms with Crippen molar-refractivity contribution in [3.8, 4) is 0 Å². The minimum absolute atomic E-state index is 0.0964. The zero-order chi connectivity index (χ0) is 14.7. The van der Waals surface area contributed by atoms with Gasteiger partial charge in [0.25, 0.3) is 0 Å². The third-order valence-electron chi connectivity index (χ3n) is 3.70. The molecule has 0 spiro atoms. The summed E-state index contributed by atoms with van der Waals surface area (Å²) in [6.45, 7) is 3.78. The summed E-state index contributed by atoms with van der Waals surface area (Å²) in [4.78, 5) is 13.9. The smallest absolute Gasteiger partial charge is 0.238 e. The molecule has 110 valence electrons. The van der Waals surface area contributed by atoms with Gasteiger partial charge in [-0.1, -0.05) is 0 Å². The number of amides is 1. The molecule has 4 nitrogen and oxygen atoms in total. The van der Waals surface area contributed by atoms with Crippen LogP contribution >= 0.6 is 0 Å². The fraction of sp³-hybridized carbons (Fsp3) is 0.500. The van der Waals surface area contributed by atoms with E-state index >= 15 is 0 Å². The molecule has 1 aromatic rings. The number of carbonyl (C=O) groups excluding carboxylic acids is 1. The standard InChI is InChI=1S/C14H19F2N3O/c1-9(10-5-11(15)7-12(16)6-10)19-4-3-18-8-13(19)14(20)17-2/h5-7,9,13,18H,3-4,8H2,1-2H3,(H,17,20). The summed E-state index contributed by atoms with van der Waals surface area (Å²) >= 11 is 0. The number of benzene rings is 1. The Hall–Kier alpha value is -1.53. The summed E-state index contributed by atoms with van der Waals surface area (Å²) in [5.41, 5.74) is 0.540. The first-order chi connectivity index (χ1) is 9.52. The summed E-state index contributed by atoms with van der Waals surface area (Å²) in [5.74, 6) is -1.29. The number of halogens is 2. The van der Waals surface area contributed by atoms with E-state index in [0.29, 0.717) is 18.7 Å². The number of rotatable bonds is 3. The topological polar surface area (TPSA) is 44.4 Å². The van der Waals surface area contributed by atoms with E-state index in [-0.39, 0.29) is 18.0 Å². The van der Waals surface area contributed by atoms with Crippen LogP contribution in [-0.4, -0.2) is 43.5 Å². The summed E-state index contributed by atoms with van der Waals surface area (Å²) in [5, 5.41) is 5.78. The molecule has 0 radical (unpaired) electrons. The fourth-order valence-electron chi connectivity index (χ4n) is 2.60. The van der Waals surface area contributed by atoms with Crippen LogP contribution in [0.3, 0.4) is 0 Å². The molecular formula is C14H19F2N3O. The lowest BCUT2D eigenvalue weighted by Crippen LogP contribution is -2.57. The molecule has 1 saturated heterocycles. The first kappa shape index (κ1) is 14.9. The highest BCUT2D eigenvalue weighted by atomic mass is 19.1. The number of hydrogen-bond acceptors (Lipinski definition) is 3. The molecule has 1 aromatic carbocycles. The molecule has 20 heavy (non-hydrogen) atoms. The molecule has 0 bridgehead atoms. The number of carbonyl (C=O) groups is 1. The van der Waals surface area contributed by atoms with Crippen molar-refractivity contribution in [3.63, 3.8) is 0 Å². The number of nitrogens with one attached hydrogen (secondary N) is 2. The van der Waals surface area contributed by atoms with Crippen molar-refractivity contribution < 1.29 is 13.6 Å². The highest BCUT2D eigenvalue weighted by Crippen LogP contribution is 2.25. The molecule has 1 heterocycles. The molecule has 0 saturated carbocycles. The largest absolute Gasteiger partial charge is 0.358 e. The van der Waals surface area contributed by atoms with Crippen LogP contribution in [0.15, 0.2) is 18.2 Å². The Kier molecular flexibility index (Phi) is 4.67. The minimum atomic E-state index is -0.599. The molecule has 0 aliphatic carbocycles. The second-order valence-electron chi connectivity index (χ2n) is 4.95. The van der Waals surface area contributed by atoms with Gasteiger partial charge in [0.2, 0.25) is 5.91 Å². The van der Waals surface area contributed by atoms with Gasteiger partial charge >= 0.3 is 0 Å². The second kappa shape index (κ2) is 6.28. The van der Waals surface area contributed by atoms with Crippen LogP contribution in [0, 0.1) is 11.6 Å². The van der Waals surface area contributed by atoms with Crippen LogP contribution in [0.25, 0.3) is 0 Å². The fourth-order valence-corrected chi connectivity index (χ4v) is 2.60. The number of piperazine rings is 1. The molecule has 2 rings (SSSR count). The van der Waals surface area contributed by atoms with Crippen LogP contribution < -0.4 is 10.6 Å². The predicted molar refractivity (Wildman–Crippen MR) is 72.2 cm³/mol. The van der Waals surface area contributed by atoms with Crippen LogP contribution in [0.2, 0.25) is 0 Å². The number of nitrogens with zero attached hydrogens (tertiary/aromatic N) is 1. The Morgan fingerprint density at radius 1 is 1.40 bits per heavy atom. The molecule has 1 amide bonds. The highest BCUT2D eigenvalue weighted by Gasteiger charge is 2.32. The molecule has 2 unspecified atom stereocenters. The maximum Gasteiger partial charge on any atom is 0.238 e. The van der Waals surface area contributed by atoms with Gasteiger partial charge in [0.1, 0.15) is 17.7 Å². The average Bonchev–Trinajstić information content (AvgIpc) is 2.44. The van der Waals surface area contributed by atoms with Gasteiger partial charge in [-0.15, -0.1) is 0 Å². The zero-order valence-electron chi connectivity index (χ0n) is 11.6. The molecule has 0 aromatic heterocycles. The lowest BCUT2D eigenvalue weighted by Gasteiger charge is -2.39. The van der Waals surface area contributed by atoms with Crippen molar-refractivity contribution >= 4 is 5.91 Å². The van der Waals surface area contributed by atoms with Gasteiger partial charge in [-0.3, -0.25) is 9.69 Å². The average molecular weight is 283 g/mol. The molecule has 1 aliphatic rings. The Morgan fingerprint density at radius 3 is 2.65 bits per heavy atom. The van der Waals surface area contributed by atoms with Gasteiger partial charge in [-0.05, 0) is 24.6 Å². The van der Waals surface area contributed by atoms with E-state index in [1.54, 1.807) is 7.05 Å². The predicted octanol–water partition coefficient (Wildman–Crippen LogP) is 1.05. The number of likely N-dealkylation sites (N-methyl/N-ethyl adjacent to an activating group) is 1. The summed E-state index contributed by atoms with van der Waals surface area (Å²) in [6.07, 6.45) is 0. The quantitative estimate of drug-likeness (QED) is 0.871. The molecule has 1 fully saturated rings. The van der Waals surface area contributed by atoms with Crippen molar-refractivity contribution in [3.05, 3.63) is 35.4 Å². The van der Waals surface area contributed by atoms with Gasteiger partial charge < -0.3 is 10.6 Å². The van der Waals surface area contributed by atoms with E-state index in [2.05, 4.69) is 10.6 Å². The first-order valence-corrected chi connectivity index (χ1v) is 6.67. The monoisotopic (exact) mass is 283 g/mol. The maximum absolute atomic E-state index is 13.3. The molecule has 1 aliphatic heterocycles.